The number of carbonyl (C=O) groups is 1. The zero-order valence-electron chi connectivity index (χ0n) is 13.4. The molecule has 4 rings (SSSR count). The van der Waals surface area contributed by atoms with Crippen LogP contribution in [0.25, 0.3) is 22.6 Å². The second-order valence-corrected chi connectivity index (χ2v) is 6.00. The maximum atomic E-state index is 14.0. The number of aromatic nitrogens is 2. The van der Waals surface area contributed by atoms with Gasteiger partial charge in [0.1, 0.15) is 11.5 Å². The van der Waals surface area contributed by atoms with Crippen molar-refractivity contribution in [3.63, 3.8) is 0 Å². The highest BCUT2D eigenvalue weighted by atomic mass is 35.5. The molecule has 8 heteroatoms. The maximum Gasteiger partial charge on any atom is 0.259 e. The predicted molar refractivity (Wildman–Crippen MR) is 93.6 cm³/mol. The van der Waals surface area contributed by atoms with Crippen LogP contribution < -0.4 is 5.32 Å². The van der Waals surface area contributed by atoms with Gasteiger partial charge in [-0.05, 0) is 43.3 Å². The third kappa shape index (κ3) is 2.82. The summed E-state index contributed by atoms with van der Waals surface area (Å²) in [4.78, 5) is 17.1. The van der Waals surface area contributed by atoms with Gasteiger partial charge in [0.2, 0.25) is 0 Å². The van der Waals surface area contributed by atoms with Gasteiger partial charge in [-0.15, -0.1) is 0 Å². The molecule has 6 nitrogen and oxygen atoms in total. The molecule has 0 spiro atoms. The van der Waals surface area contributed by atoms with Gasteiger partial charge in [0.15, 0.2) is 5.76 Å². The molecule has 0 aliphatic carbocycles. The standard InChI is InChI=1S/C18H11ClFN3O3/c1-9-16-11(17(24)21-13-5-4-10(19)7-12(13)20)8-14(15-3-2-6-25-15)22-18(16)26-23-9/h2-8H,1H3,(H,21,24). The van der Waals surface area contributed by atoms with E-state index < -0.39 is 11.7 Å². The maximum absolute atomic E-state index is 14.0. The molecule has 1 amide bonds. The fourth-order valence-electron chi connectivity index (χ4n) is 2.60. The molecule has 0 atom stereocenters. The summed E-state index contributed by atoms with van der Waals surface area (Å²) in [6.45, 7) is 1.69. The van der Waals surface area contributed by atoms with E-state index in [1.54, 1.807) is 25.1 Å². The number of carbonyl (C=O) groups excluding carboxylic acids is 1. The summed E-state index contributed by atoms with van der Waals surface area (Å²) in [6.07, 6.45) is 1.50. The van der Waals surface area contributed by atoms with Gasteiger partial charge in [0.25, 0.3) is 11.6 Å². The number of pyridine rings is 1. The topological polar surface area (TPSA) is 81.2 Å². The number of fused-ring (bicyclic) bond motifs is 1. The van der Waals surface area contributed by atoms with Crippen LogP contribution in [0.2, 0.25) is 5.02 Å². The Morgan fingerprint density at radius 2 is 2.12 bits per heavy atom. The minimum atomic E-state index is -0.635. The van der Waals surface area contributed by atoms with E-state index in [1.165, 1.54) is 18.4 Å². The lowest BCUT2D eigenvalue weighted by Gasteiger charge is -2.08. The number of nitrogens with zero attached hydrogens (tertiary/aromatic N) is 2. The van der Waals surface area contributed by atoms with Crippen LogP contribution in [-0.4, -0.2) is 16.0 Å². The highest BCUT2D eigenvalue weighted by Crippen LogP contribution is 2.28. The van der Waals surface area contributed by atoms with Crippen molar-refractivity contribution >= 4 is 34.3 Å². The molecule has 0 unspecified atom stereocenters. The Bertz CT molecular complexity index is 1120. The first-order chi connectivity index (χ1) is 12.5. The molecule has 3 aromatic heterocycles. The van der Waals surface area contributed by atoms with Crippen molar-refractivity contribution < 1.29 is 18.1 Å². The van der Waals surface area contributed by atoms with E-state index in [0.717, 1.165) is 6.07 Å². The van der Waals surface area contributed by atoms with Crippen LogP contribution in [0.5, 0.6) is 0 Å². The van der Waals surface area contributed by atoms with Gasteiger partial charge in [0.05, 0.1) is 28.6 Å². The Kier molecular flexibility index (Phi) is 3.93. The molecule has 1 N–H and O–H groups in total. The molecule has 4 aromatic rings. The zero-order valence-corrected chi connectivity index (χ0v) is 14.2. The number of aryl methyl sites for hydroxylation is 1. The quantitative estimate of drug-likeness (QED) is 0.557. The minimum Gasteiger partial charge on any atom is -0.463 e. The van der Waals surface area contributed by atoms with E-state index in [9.17, 15) is 9.18 Å². The van der Waals surface area contributed by atoms with Crippen LogP contribution in [-0.2, 0) is 0 Å². The smallest absolute Gasteiger partial charge is 0.259 e. The SMILES string of the molecule is Cc1noc2nc(-c3ccco3)cc(C(=O)Nc3ccc(Cl)cc3F)c12. The summed E-state index contributed by atoms with van der Waals surface area (Å²) < 4.78 is 24.5. The second-order valence-electron chi connectivity index (χ2n) is 5.56. The third-order valence-electron chi connectivity index (χ3n) is 3.81. The number of hydrogen-bond donors (Lipinski definition) is 1. The van der Waals surface area contributed by atoms with Crippen molar-refractivity contribution in [2.45, 2.75) is 6.92 Å². The Morgan fingerprint density at radius 1 is 1.27 bits per heavy atom. The molecular formula is C18H11ClFN3O3. The normalized spacial score (nSPS) is 11.0. The molecule has 0 aliphatic rings. The van der Waals surface area contributed by atoms with Gasteiger partial charge in [0, 0.05) is 5.02 Å². The lowest BCUT2D eigenvalue weighted by molar-refractivity contribution is 0.102. The highest BCUT2D eigenvalue weighted by molar-refractivity contribution is 6.30. The number of amides is 1. The fourth-order valence-corrected chi connectivity index (χ4v) is 2.76. The largest absolute Gasteiger partial charge is 0.463 e. The van der Waals surface area contributed by atoms with Crippen LogP contribution in [0.4, 0.5) is 10.1 Å². The van der Waals surface area contributed by atoms with Crippen LogP contribution in [0.3, 0.4) is 0 Å². The second kappa shape index (κ2) is 6.27. The monoisotopic (exact) mass is 371 g/mol. The van der Waals surface area contributed by atoms with Crippen molar-refractivity contribution in [3.8, 4) is 11.5 Å². The zero-order chi connectivity index (χ0) is 18.3. The van der Waals surface area contributed by atoms with E-state index in [2.05, 4.69) is 15.5 Å². The number of nitrogens with one attached hydrogen (secondary N) is 1. The average Bonchev–Trinajstić information content (AvgIpc) is 3.27. The Hall–Kier alpha value is -3.19. The molecule has 3 heterocycles. The molecule has 0 saturated heterocycles. The van der Waals surface area contributed by atoms with Crippen LogP contribution >= 0.6 is 11.6 Å². The highest BCUT2D eigenvalue weighted by Gasteiger charge is 2.21. The number of halogens is 2. The lowest BCUT2D eigenvalue weighted by atomic mass is 10.1. The molecule has 0 saturated carbocycles. The van der Waals surface area contributed by atoms with Crippen molar-refractivity contribution in [1.82, 2.24) is 10.1 Å². The summed E-state index contributed by atoms with van der Waals surface area (Å²) in [7, 11) is 0. The Labute approximate surface area is 151 Å². The first kappa shape index (κ1) is 16.3. The Morgan fingerprint density at radius 3 is 2.85 bits per heavy atom. The van der Waals surface area contributed by atoms with Crippen LogP contribution in [0.1, 0.15) is 16.1 Å². The average molecular weight is 372 g/mol. The minimum absolute atomic E-state index is 0.0121. The van der Waals surface area contributed by atoms with Gasteiger partial charge >= 0.3 is 0 Å². The molecule has 26 heavy (non-hydrogen) atoms. The Balaban J connectivity index is 1.81. The number of benzene rings is 1. The van der Waals surface area contributed by atoms with Crippen LogP contribution in [0.15, 0.2) is 51.6 Å². The van der Waals surface area contributed by atoms with Gasteiger partial charge in [-0.25, -0.2) is 9.37 Å². The van der Waals surface area contributed by atoms with Gasteiger partial charge in [-0.1, -0.05) is 16.8 Å². The molecule has 0 aliphatic heterocycles. The summed E-state index contributed by atoms with van der Waals surface area (Å²) in [5, 5.41) is 7.08. The van der Waals surface area contributed by atoms with E-state index in [-0.39, 0.29) is 22.0 Å². The summed E-state index contributed by atoms with van der Waals surface area (Å²) in [5.74, 6) is -0.699. The predicted octanol–water partition coefficient (Wildman–Crippen LogP) is 4.84. The molecule has 1 aromatic carbocycles. The lowest BCUT2D eigenvalue weighted by Crippen LogP contribution is -2.14. The molecule has 130 valence electrons. The summed E-state index contributed by atoms with van der Waals surface area (Å²) in [5.41, 5.74) is 1.35. The molecule has 0 radical (unpaired) electrons. The molecule has 0 fully saturated rings. The first-order valence-electron chi connectivity index (χ1n) is 7.60. The van der Waals surface area contributed by atoms with E-state index >= 15 is 0 Å². The fraction of sp³-hybridized carbons (Fsp3) is 0.0556. The number of hydrogen-bond acceptors (Lipinski definition) is 5. The number of furan rings is 1. The van der Waals surface area contributed by atoms with Crippen molar-refractivity contribution in [3.05, 3.63) is 64.8 Å². The van der Waals surface area contributed by atoms with Gasteiger partial charge in [-0.2, -0.15) is 0 Å². The third-order valence-corrected chi connectivity index (χ3v) is 4.05. The first-order valence-corrected chi connectivity index (χ1v) is 7.98. The van der Waals surface area contributed by atoms with Crippen molar-refractivity contribution in [2.75, 3.05) is 5.32 Å². The summed E-state index contributed by atoms with van der Waals surface area (Å²) in [6, 6.07) is 8.96. The number of rotatable bonds is 3. The van der Waals surface area contributed by atoms with E-state index in [0.29, 0.717) is 22.5 Å². The van der Waals surface area contributed by atoms with Gasteiger partial charge in [-0.3, -0.25) is 4.79 Å². The number of anilines is 1. The molecular weight excluding hydrogens is 361 g/mol. The summed E-state index contributed by atoms with van der Waals surface area (Å²) >= 11 is 5.74. The van der Waals surface area contributed by atoms with Gasteiger partial charge < -0.3 is 14.3 Å². The van der Waals surface area contributed by atoms with Crippen LogP contribution in [0, 0.1) is 12.7 Å². The van der Waals surface area contributed by atoms with Crippen molar-refractivity contribution in [2.24, 2.45) is 0 Å². The van der Waals surface area contributed by atoms with Crippen molar-refractivity contribution in [1.29, 1.82) is 0 Å². The van der Waals surface area contributed by atoms with E-state index in [1.807, 2.05) is 0 Å². The molecule has 0 bridgehead atoms. The van der Waals surface area contributed by atoms with E-state index in [4.69, 9.17) is 20.5 Å².